The monoisotopic (exact) mass is 364 g/mol. The third-order valence-electron chi connectivity index (χ3n) is 4.05. The van der Waals surface area contributed by atoms with Crippen LogP contribution in [0.25, 0.3) is 10.8 Å². The Kier molecular flexibility index (Phi) is 6.66. The van der Waals surface area contributed by atoms with E-state index in [9.17, 15) is 4.79 Å². The quantitative estimate of drug-likeness (QED) is 0.556. The molecule has 0 saturated carbocycles. The molecule has 0 heterocycles. The van der Waals surface area contributed by atoms with E-state index in [1.807, 2.05) is 61.5 Å². The van der Waals surface area contributed by atoms with Crippen LogP contribution in [0.1, 0.15) is 6.92 Å². The molecule has 0 aromatic heterocycles. The predicted octanol–water partition coefficient (Wildman–Crippen LogP) is 4.31. The Hall–Kier alpha value is -3.05. The molecule has 0 unspecified atom stereocenters. The SMILES string of the molecule is CCOCCOc1ccccc1NC(=O)CNc1ccc2ccccc2c1. The zero-order valence-electron chi connectivity index (χ0n) is 15.4. The van der Waals surface area contributed by atoms with E-state index in [1.165, 1.54) is 5.39 Å². The van der Waals surface area contributed by atoms with Crippen LogP contribution in [0.2, 0.25) is 0 Å². The molecule has 0 atom stereocenters. The molecule has 5 nitrogen and oxygen atoms in total. The predicted molar refractivity (Wildman–Crippen MR) is 109 cm³/mol. The minimum atomic E-state index is -0.135. The fraction of sp³-hybridized carbons (Fsp3) is 0.227. The summed E-state index contributed by atoms with van der Waals surface area (Å²) in [5.41, 5.74) is 1.56. The highest BCUT2D eigenvalue weighted by Crippen LogP contribution is 2.24. The van der Waals surface area contributed by atoms with Gasteiger partial charge in [0, 0.05) is 12.3 Å². The highest BCUT2D eigenvalue weighted by Gasteiger charge is 2.08. The molecule has 3 aromatic rings. The molecule has 0 aliphatic carbocycles. The lowest BCUT2D eigenvalue weighted by molar-refractivity contribution is -0.114. The Bertz CT molecular complexity index is 895. The summed E-state index contributed by atoms with van der Waals surface area (Å²) < 4.78 is 11.0. The van der Waals surface area contributed by atoms with Crippen molar-refractivity contribution in [2.75, 3.05) is 37.0 Å². The number of hydrogen-bond acceptors (Lipinski definition) is 4. The number of carbonyl (C=O) groups excluding carboxylic acids is 1. The van der Waals surface area contributed by atoms with E-state index in [4.69, 9.17) is 9.47 Å². The molecule has 3 rings (SSSR count). The van der Waals surface area contributed by atoms with Gasteiger partial charge in [-0.15, -0.1) is 0 Å². The van der Waals surface area contributed by atoms with Gasteiger partial charge in [-0.3, -0.25) is 4.79 Å². The number of anilines is 2. The summed E-state index contributed by atoms with van der Waals surface area (Å²) in [6, 6.07) is 21.6. The first-order valence-corrected chi connectivity index (χ1v) is 9.08. The summed E-state index contributed by atoms with van der Waals surface area (Å²) in [4.78, 5) is 12.3. The lowest BCUT2D eigenvalue weighted by Gasteiger charge is -2.13. The Labute approximate surface area is 159 Å². The number of ether oxygens (including phenoxy) is 2. The van der Waals surface area contributed by atoms with E-state index in [1.54, 1.807) is 0 Å². The Balaban J connectivity index is 1.55. The molecule has 0 radical (unpaired) electrons. The molecule has 0 saturated heterocycles. The molecule has 1 amide bonds. The Morgan fingerprint density at radius 2 is 1.70 bits per heavy atom. The molecule has 0 aliphatic heterocycles. The second-order valence-corrected chi connectivity index (χ2v) is 6.01. The van der Waals surface area contributed by atoms with Gasteiger partial charge in [-0.25, -0.2) is 0 Å². The van der Waals surface area contributed by atoms with Crippen molar-refractivity contribution in [3.05, 3.63) is 66.7 Å². The van der Waals surface area contributed by atoms with E-state index < -0.39 is 0 Å². The Morgan fingerprint density at radius 3 is 2.56 bits per heavy atom. The van der Waals surface area contributed by atoms with Gasteiger partial charge in [0.05, 0.1) is 18.8 Å². The zero-order chi connectivity index (χ0) is 18.9. The van der Waals surface area contributed by atoms with Crippen molar-refractivity contribution >= 4 is 28.1 Å². The number of benzene rings is 3. The molecule has 140 valence electrons. The fourth-order valence-electron chi connectivity index (χ4n) is 2.73. The van der Waals surface area contributed by atoms with Gasteiger partial charge in [-0.05, 0) is 42.0 Å². The third-order valence-corrected chi connectivity index (χ3v) is 4.05. The molecule has 0 spiro atoms. The summed E-state index contributed by atoms with van der Waals surface area (Å²) in [5.74, 6) is 0.500. The highest BCUT2D eigenvalue weighted by atomic mass is 16.5. The van der Waals surface area contributed by atoms with Crippen molar-refractivity contribution in [1.29, 1.82) is 0 Å². The number of rotatable bonds is 9. The average Bonchev–Trinajstić information content (AvgIpc) is 2.70. The summed E-state index contributed by atoms with van der Waals surface area (Å²) in [6.45, 7) is 3.73. The van der Waals surface area contributed by atoms with Gasteiger partial charge in [-0.1, -0.05) is 42.5 Å². The Morgan fingerprint density at radius 1 is 0.926 bits per heavy atom. The van der Waals surface area contributed by atoms with Crippen molar-refractivity contribution in [2.24, 2.45) is 0 Å². The van der Waals surface area contributed by atoms with Gasteiger partial charge in [0.1, 0.15) is 12.4 Å². The average molecular weight is 364 g/mol. The maximum atomic E-state index is 12.3. The lowest BCUT2D eigenvalue weighted by Crippen LogP contribution is -2.22. The van der Waals surface area contributed by atoms with Gasteiger partial charge < -0.3 is 20.1 Å². The molecular formula is C22H24N2O3. The summed E-state index contributed by atoms with van der Waals surface area (Å²) >= 11 is 0. The van der Waals surface area contributed by atoms with Crippen LogP contribution in [0.5, 0.6) is 5.75 Å². The van der Waals surface area contributed by atoms with E-state index in [0.29, 0.717) is 31.3 Å². The summed E-state index contributed by atoms with van der Waals surface area (Å²) in [7, 11) is 0. The van der Waals surface area contributed by atoms with Gasteiger partial charge >= 0.3 is 0 Å². The van der Waals surface area contributed by atoms with Crippen LogP contribution >= 0.6 is 0 Å². The van der Waals surface area contributed by atoms with Crippen molar-refractivity contribution in [1.82, 2.24) is 0 Å². The van der Waals surface area contributed by atoms with Gasteiger partial charge in [0.2, 0.25) is 5.91 Å². The number of amides is 1. The number of fused-ring (bicyclic) bond motifs is 1. The largest absolute Gasteiger partial charge is 0.489 e. The lowest BCUT2D eigenvalue weighted by atomic mass is 10.1. The van der Waals surface area contributed by atoms with Crippen molar-refractivity contribution in [3.63, 3.8) is 0 Å². The summed E-state index contributed by atoms with van der Waals surface area (Å²) in [6.07, 6.45) is 0. The van der Waals surface area contributed by atoms with Crippen molar-refractivity contribution in [2.45, 2.75) is 6.92 Å². The standard InChI is InChI=1S/C22H24N2O3/c1-2-26-13-14-27-21-10-6-5-9-20(21)24-22(25)16-23-19-12-11-17-7-3-4-8-18(17)15-19/h3-12,15,23H,2,13-14,16H2,1H3,(H,24,25). The minimum absolute atomic E-state index is 0.135. The van der Waals surface area contributed by atoms with E-state index in [-0.39, 0.29) is 12.5 Å². The van der Waals surface area contributed by atoms with Gasteiger partial charge in [-0.2, -0.15) is 0 Å². The first kappa shape index (κ1) is 18.7. The minimum Gasteiger partial charge on any atom is -0.489 e. The molecule has 3 aromatic carbocycles. The van der Waals surface area contributed by atoms with Crippen LogP contribution in [-0.2, 0) is 9.53 Å². The van der Waals surface area contributed by atoms with E-state index in [0.717, 1.165) is 11.1 Å². The molecule has 5 heteroatoms. The number of carbonyl (C=O) groups is 1. The third kappa shape index (κ3) is 5.46. The maximum Gasteiger partial charge on any atom is 0.243 e. The molecule has 0 fully saturated rings. The second kappa shape index (κ2) is 9.59. The number of nitrogens with one attached hydrogen (secondary N) is 2. The highest BCUT2D eigenvalue weighted by molar-refractivity contribution is 5.95. The van der Waals surface area contributed by atoms with Crippen LogP contribution in [0.15, 0.2) is 66.7 Å². The van der Waals surface area contributed by atoms with E-state index in [2.05, 4.69) is 22.8 Å². The molecular weight excluding hydrogens is 340 g/mol. The fourth-order valence-corrected chi connectivity index (χ4v) is 2.73. The van der Waals surface area contributed by atoms with Gasteiger partial charge in [0.25, 0.3) is 0 Å². The van der Waals surface area contributed by atoms with Gasteiger partial charge in [0.15, 0.2) is 0 Å². The van der Waals surface area contributed by atoms with Crippen LogP contribution < -0.4 is 15.4 Å². The van der Waals surface area contributed by atoms with Crippen LogP contribution in [0.4, 0.5) is 11.4 Å². The molecule has 27 heavy (non-hydrogen) atoms. The van der Waals surface area contributed by atoms with Crippen LogP contribution in [0, 0.1) is 0 Å². The van der Waals surface area contributed by atoms with E-state index >= 15 is 0 Å². The number of para-hydroxylation sites is 2. The van der Waals surface area contributed by atoms with Crippen LogP contribution in [0.3, 0.4) is 0 Å². The first-order chi connectivity index (χ1) is 13.3. The zero-order valence-corrected chi connectivity index (χ0v) is 15.4. The maximum absolute atomic E-state index is 12.3. The first-order valence-electron chi connectivity index (χ1n) is 9.08. The van der Waals surface area contributed by atoms with Crippen LogP contribution in [-0.4, -0.2) is 32.3 Å². The second-order valence-electron chi connectivity index (χ2n) is 6.01. The molecule has 2 N–H and O–H groups in total. The number of hydrogen-bond donors (Lipinski definition) is 2. The summed E-state index contributed by atoms with van der Waals surface area (Å²) in [5, 5.41) is 8.36. The topological polar surface area (TPSA) is 59.6 Å². The van der Waals surface area contributed by atoms with Crippen molar-refractivity contribution < 1.29 is 14.3 Å². The van der Waals surface area contributed by atoms with Crippen molar-refractivity contribution in [3.8, 4) is 5.75 Å². The smallest absolute Gasteiger partial charge is 0.243 e. The molecule has 0 aliphatic rings. The molecule has 0 bridgehead atoms. The normalized spacial score (nSPS) is 10.6.